The van der Waals surface area contributed by atoms with Gasteiger partial charge in [0, 0.05) is 6.20 Å². The van der Waals surface area contributed by atoms with Gasteiger partial charge in [-0.3, -0.25) is 4.98 Å². The van der Waals surface area contributed by atoms with E-state index in [1.807, 2.05) is 18.3 Å². The minimum Gasteiger partial charge on any atom is -0.359 e. The second-order valence-electron chi connectivity index (χ2n) is 3.96. The molecule has 68 valence electrons. The molecule has 2 fully saturated rings. The van der Waals surface area contributed by atoms with E-state index in [4.69, 9.17) is 4.74 Å². The Morgan fingerprint density at radius 1 is 1.38 bits per heavy atom. The van der Waals surface area contributed by atoms with Crippen molar-refractivity contribution < 1.29 is 4.74 Å². The molecule has 2 heteroatoms. The summed E-state index contributed by atoms with van der Waals surface area (Å²) in [7, 11) is 0. The molecule has 0 radical (unpaired) electrons. The molecule has 1 aromatic heterocycles. The first-order valence-electron chi connectivity index (χ1n) is 5.01. The molecule has 1 saturated heterocycles. The van der Waals surface area contributed by atoms with E-state index in [9.17, 15) is 0 Å². The second-order valence-corrected chi connectivity index (χ2v) is 3.96. The highest BCUT2D eigenvalue weighted by molar-refractivity contribution is 5.23. The largest absolute Gasteiger partial charge is 0.359 e. The molecule has 1 saturated carbocycles. The van der Waals surface area contributed by atoms with Crippen molar-refractivity contribution in [2.24, 2.45) is 0 Å². The molecule has 0 aromatic carbocycles. The maximum absolute atomic E-state index is 5.79. The Morgan fingerprint density at radius 2 is 2.38 bits per heavy atom. The third-order valence-electron chi connectivity index (χ3n) is 3.18. The van der Waals surface area contributed by atoms with Crippen LogP contribution < -0.4 is 0 Å². The van der Waals surface area contributed by atoms with Gasteiger partial charge in [-0.05, 0) is 31.4 Å². The lowest BCUT2D eigenvalue weighted by molar-refractivity contribution is 0.284. The van der Waals surface area contributed by atoms with Crippen LogP contribution in [0.4, 0.5) is 0 Å². The van der Waals surface area contributed by atoms with Crippen LogP contribution in [0.5, 0.6) is 0 Å². The molecule has 1 aliphatic heterocycles. The Hall–Kier alpha value is -0.890. The minimum absolute atomic E-state index is 0.0273. The molecule has 1 aliphatic carbocycles. The number of pyridine rings is 1. The van der Waals surface area contributed by atoms with Crippen molar-refractivity contribution in [3.8, 4) is 0 Å². The Balaban J connectivity index is 1.94. The van der Waals surface area contributed by atoms with Gasteiger partial charge in [-0.2, -0.15) is 0 Å². The Kier molecular flexibility index (Phi) is 1.47. The van der Waals surface area contributed by atoms with Crippen LogP contribution in [0.25, 0.3) is 0 Å². The predicted molar refractivity (Wildman–Crippen MR) is 49.3 cm³/mol. The van der Waals surface area contributed by atoms with Crippen molar-refractivity contribution in [1.82, 2.24) is 4.98 Å². The van der Waals surface area contributed by atoms with E-state index in [1.54, 1.807) is 0 Å². The lowest BCUT2D eigenvalue weighted by Gasteiger charge is -2.15. The van der Waals surface area contributed by atoms with Crippen LogP contribution in [-0.4, -0.2) is 11.1 Å². The van der Waals surface area contributed by atoms with Gasteiger partial charge in [-0.1, -0.05) is 12.5 Å². The Labute approximate surface area is 77.9 Å². The summed E-state index contributed by atoms with van der Waals surface area (Å²) < 4.78 is 5.79. The molecule has 0 amide bonds. The van der Waals surface area contributed by atoms with Crippen LogP contribution in [0.15, 0.2) is 24.4 Å². The van der Waals surface area contributed by atoms with E-state index in [0.29, 0.717) is 6.10 Å². The summed E-state index contributed by atoms with van der Waals surface area (Å²) in [5, 5.41) is 0. The molecule has 2 atom stereocenters. The van der Waals surface area contributed by atoms with Crippen LogP contribution in [0, 0.1) is 0 Å². The predicted octanol–water partition coefficient (Wildman–Crippen LogP) is 2.25. The van der Waals surface area contributed by atoms with Crippen LogP contribution in [-0.2, 0) is 10.3 Å². The van der Waals surface area contributed by atoms with E-state index in [0.717, 1.165) is 12.1 Å². The maximum Gasteiger partial charge on any atom is 0.136 e. The number of nitrogens with zero attached hydrogens (tertiary/aromatic N) is 1. The molecule has 1 aromatic rings. The molecule has 13 heavy (non-hydrogen) atoms. The smallest absolute Gasteiger partial charge is 0.136 e. The first-order valence-corrected chi connectivity index (χ1v) is 5.01. The number of rotatable bonds is 1. The lowest BCUT2D eigenvalue weighted by Crippen LogP contribution is -2.18. The quantitative estimate of drug-likeness (QED) is 0.612. The van der Waals surface area contributed by atoms with Crippen molar-refractivity contribution in [1.29, 1.82) is 0 Å². The summed E-state index contributed by atoms with van der Waals surface area (Å²) >= 11 is 0. The third-order valence-corrected chi connectivity index (χ3v) is 3.18. The average Bonchev–Trinajstić information content (AvgIpc) is 2.94. The molecule has 0 bridgehead atoms. The van der Waals surface area contributed by atoms with Crippen LogP contribution in [0.3, 0.4) is 0 Å². The summed E-state index contributed by atoms with van der Waals surface area (Å²) in [4.78, 5) is 4.39. The van der Waals surface area contributed by atoms with Crippen LogP contribution in [0.1, 0.15) is 31.4 Å². The van der Waals surface area contributed by atoms with E-state index >= 15 is 0 Å². The topological polar surface area (TPSA) is 25.4 Å². The fourth-order valence-corrected chi connectivity index (χ4v) is 2.42. The number of aromatic nitrogens is 1. The monoisotopic (exact) mass is 175 g/mol. The highest BCUT2D eigenvalue weighted by Gasteiger charge is 2.59. The van der Waals surface area contributed by atoms with Crippen molar-refractivity contribution in [2.75, 3.05) is 0 Å². The number of ether oxygens (including phenoxy) is 1. The highest BCUT2D eigenvalue weighted by atomic mass is 16.6. The van der Waals surface area contributed by atoms with Gasteiger partial charge >= 0.3 is 0 Å². The van der Waals surface area contributed by atoms with E-state index in [2.05, 4.69) is 11.1 Å². The van der Waals surface area contributed by atoms with Gasteiger partial charge in [0.1, 0.15) is 5.60 Å². The molecular formula is C11H13NO. The fraction of sp³-hybridized carbons (Fsp3) is 0.545. The molecule has 2 nitrogen and oxygen atoms in total. The zero-order valence-corrected chi connectivity index (χ0v) is 7.57. The molecule has 2 unspecified atom stereocenters. The maximum atomic E-state index is 5.79. The van der Waals surface area contributed by atoms with Gasteiger partial charge in [0.15, 0.2) is 0 Å². The molecule has 0 spiro atoms. The Bertz CT molecular complexity index is 311. The highest BCUT2D eigenvalue weighted by Crippen LogP contribution is 2.54. The first-order chi connectivity index (χ1) is 6.42. The summed E-state index contributed by atoms with van der Waals surface area (Å²) in [6.07, 6.45) is 7.31. The fourth-order valence-electron chi connectivity index (χ4n) is 2.42. The summed E-state index contributed by atoms with van der Waals surface area (Å²) in [6, 6.07) is 6.09. The minimum atomic E-state index is 0.0273. The number of hydrogen-bond acceptors (Lipinski definition) is 2. The van der Waals surface area contributed by atoms with Gasteiger partial charge in [0.25, 0.3) is 0 Å². The molecule has 3 rings (SSSR count). The van der Waals surface area contributed by atoms with Crippen molar-refractivity contribution in [2.45, 2.75) is 37.4 Å². The van der Waals surface area contributed by atoms with Crippen molar-refractivity contribution in [3.05, 3.63) is 30.1 Å². The van der Waals surface area contributed by atoms with Gasteiger partial charge in [0.2, 0.25) is 0 Å². The number of hydrogen-bond donors (Lipinski definition) is 0. The van der Waals surface area contributed by atoms with E-state index < -0.39 is 0 Å². The van der Waals surface area contributed by atoms with Crippen molar-refractivity contribution in [3.63, 3.8) is 0 Å². The SMILES string of the molecule is c1ccc(C23CCCCC2O3)nc1. The zero-order valence-electron chi connectivity index (χ0n) is 7.57. The molecular weight excluding hydrogens is 162 g/mol. The third kappa shape index (κ3) is 1.02. The van der Waals surface area contributed by atoms with Crippen LogP contribution in [0.2, 0.25) is 0 Å². The standard InChI is InChI=1S/C11H13NO/c1-3-7-11(10(6-1)13-11)9-5-2-4-8-12-9/h2,4-5,8,10H,1,3,6-7H2. The van der Waals surface area contributed by atoms with Gasteiger partial charge < -0.3 is 4.74 Å². The summed E-state index contributed by atoms with van der Waals surface area (Å²) in [6.45, 7) is 0. The Morgan fingerprint density at radius 3 is 3.15 bits per heavy atom. The van der Waals surface area contributed by atoms with Crippen molar-refractivity contribution >= 4 is 0 Å². The summed E-state index contributed by atoms with van der Waals surface area (Å²) in [5.41, 5.74) is 1.17. The normalized spacial score (nSPS) is 36.8. The van der Waals surface area contributed by atoms with E-state index in [1.165, 1.54) is 19.3 Å². The molecule has 2 heterocycles. The number of fused-ring (bicyclic) bond motifs is 1. The summed E-state index contributed by atoms with van der Waals surface area (Å²) in [5.74, 6) is 0. The number of epoxide rings is 1. The molecule has 0 N–H and O–H groups in total. The molecule has 2 aliphatic rings. The van der Waals surface area contributed by atoms with Gasteiger partial charge in [-0.25, -0.2) is 0 Å². The van der Waals surface area contributed by atoms with Gasteiger partial charge in [-0.15, -0.1) is 0 Å². The first kappa shape index (κ1) is 7.51. The lowest BCUT2D eigenvalue weighted by atomic mass is 9.86. The average molecular weight is 175 g/mol. The van der Waals surface area contributed by atoms with E-state index in [-0.39, 0.29) is 5.60 Å². The zero-order chi connectivity index (χ0) is 8.73. The second kappa shape index (κ2) is 2.55. The van der Waals surface area contributed by atoms with Crippen LogP contribution >= 0.6 is 0 Å². The van der Waals surface area contributed by atoms with Gasteiger partial charge in [0.05, 0.1) is 11.8 Å².